The van der Waals surface area contributed by atoms with Gasteiger partial charge in [-0.2, -0.15) is 0 Å². The van der Waals surface area contributed by atoms with Gasteiger partial charge in [0.2, 0.25) is 0 Å². The molecule has 3 saturated carbocycles. The van der Waals surface area contributed by atoms with Crippen LogP contribution >= 0.6 is 0 Å². The lowest BCUT2D eigenvalue weighted by Gasteiger charge is -2.58. The van der Waals surface area contributed by atoms with Crippen molar-refractivity contribution in [3.63, 3.8) is 0 Å². The van der Waals surface area contributed by atoms with Crippen LogP contribution in [-0.2, 0) is 9.59 Å². The molecule has 2 nitrogen and oxygen atoms in total. The van der Waals surface area contributed by atoms with E-state index in [0.717, 1.165) is 38.5 Å². The fraction of sp³-hybridized carbons (Fsp3) is 0.810. The number of carbonyl (C=O) groups excluding carboxylic acids is 2. The van der Waals surface area contributed by atoms with Crippen molar-refractivity contribution in [1.29, 1.82) is 0 Å². The van der Waals surface area contributed by atoms with E-state index in [1.807, 2.05) is 0 Å². The highest BCUT2D eigenvalue weighted by Crippen LogP contribution is 2.65. The Bertz CT molecular complexity index is 589. The molecule has 4 aliphatic rings. The average molecular weight is 314 g/mol. The zero-order chi connectivity index (χ0) is 16.4. The zero-order valence-corrected chi connectivity index (χ0v) is 14.9. The van der Waals surface area contributed by atoms with Gasteiger partial charge in [-0.1, -0.05) is 25.5 Å². The van der Waals surface area contributed by atoms with Gasteiger partial charge in [-0.05, 0) is 69.6 Å². The van der Waals surface area contributed by atoms with Crippen molar-refractivity contribution < 1.29 is 9.59 Å². The molecule has 0 aromatic carbocycles. The number of fused-ring (bicyclic) bond motifs is 5. The summed E-state index contributed by atoms with van der Waals surface area (Å²) in [5, 5.41) is 0. The predicted octanol–water partition coefficient (Wildman–Crippen LogP) is 4.72. The summed E-state index contributed by atoms with van der Waals surface area (Å²) in [6.45, 7) is 6.42. The van der Waals surface area contributed by atoms with Crippen molar-refractivity contribution in [3.05, 3.63) is 11.6 Å². The Morgan fingerprint density at radius 3 is 2.65 bits per heavy atom. The SMILES string of the molecule is CC(=O)C1CCCC2=CC[C@H]3[C@@H]4CCC(=O)[C@@]4(C)CC[C@@H]3[C@]21C. The Balaban J connectivity index is 1.75. The zero-order valence-electron chi connectivity index (χ0n) is 14.9. The van der Waals surface area contributed by atoms with E-state index in [1.54, 1.807) is 12.5 Å². The Morgan fingerprint density at radius 1 is 1.13 bits per heavy atom. The molecular weight excluding hydrogens is 284 g/mol. The van der Waals surface area contributed by atoms with Crippen LogP contribution in [0, 0.1) is 34.5 Å². The van der Waals surface area contributed by atoms with Crippen molar-refractivity contribution in [3.8, 4) is 0 Å². The number of carbonyl (C=O) groups is 2. The van der Waals surface area contributed by atoms with Gasteiger partial charge >= 0.3 is 0 Å². The Labute approximate surface area is 140 Å². The van der Waals surface area contributed by atoms with Gasteiger partial charge in [-0.15, -0.1) is 0 Å². The lowest BCUT2D eigenvalue weighted by atomic mass is 9.45. The lowest BCUT2D eigenvalue weighted by molar-refractivity contribution is -0.137. The van der Waals surface area contributed by atoms with Crippen LogP contribution in [0.4, 0.5) is 0 Å². The summed E-state index contributed by atoms with van der Waals surface area (Å²) in [6, 6.07) is 0. The van der Waals surface area contributed by atoms with Crippen LogP contribution in [0.25, 0.3) is 0 Å². The smallest absolute Gasteiger partial charge is 0.139 e. The second kappa shape index (κ2) is 5.04. The molecule has 4 rings (SSSR count). The maximum Gasteiger partial charge on any atom is 0.139 e. The summed E-state index contributed by atoms with van der Waals surface area (Å²) in [7, 11) is 0. The molecule has 126 valence electrons. The van der Waals surface area contributed by atoms with E-state index in [4.69, 9.17) is 0 Å². The van der Waals surface area contributed by atoms with E-state index in [1.165, 1.54) is 12.8 Å². The number of hydrogen-bond donors (Lipinski definition) is 0. The van der Waals surface area contributed by atoms with Crippen LogP contribution in [-0.4, -0.2) is 11.6 Å². The fourth-order valence-corrected chi connectivity index (χ4v) is 7.14. The Kier molecular flexibility index (Phi) is 3.42. The van der Waals surface area contributed by atoms with Crippen LogP contribution in [0.15, 0.2) is 11.6 Å². The molecule has 0 heterocycles. The first-order valence-corrected chi connectivity index (χ1v) is 9.62. The van der Waals surface area contributed by atoms with Crippen molar-refractivity contribution in [2.45, 2.75) is 72.1 Å². The minimum absolute atomic E-state index is 0.0662. The summed E-state index contributed by atoms with van der Waals surface area (Å²) < 4.78 is 0. The van der Waals surface area contributed by atoms with Gasteiger partial charge in [0.25, 0.3) is 0 Å². The Morgan fingerprint density at radius 2 is 1.91 bits per heavy atom. The van der Waals surface area contributed by atoms with Gasteiger partial charge < -0.3 is 0 Å². The molecule has 6 atom stereocenters. The second-order valence-electron chi connectivity index (χ2n) is 9.10. The van der Waals surface area contributed by atoms with Crippen LogP contribution in [0.1, 0.15) is 72.1 Å². The van der Waals surface area contributed by atoms with Gasteiger partial charge in [-0.3, -0.25) is 9.59 Å². The van der Waals surface area contributed by atoms with E-state index in [2.05, 4.69) is 19.9 Å². The number of ketones is 2. The summed E-state index contributed by atoms with van der Waals surface area (Å²) in [5.74, 6) is 2.88. The summed E-state index contributed by atoms with van der Waals surface area (Å²) in [4.78, 5) is 24.9. The van der Waals surface area contributed by atoms with Crippen molar-refractivity contribution in [2.75, 3.05) is 0 Å². The summed E-state index contributed by atoms with van der Waals surface area (Å²) in [6.07, 6.45) is 11.1. The topological polar surface area (TPSA) is 34.1 Å². The van der Waals surface area contributed by atoms with Gasteiger partial charge in [0.1, 0.15) is 11.6 Å². The van der Waals surface area contributed by atoms with E-state index < -0.39 is 0 Å². The number of rotatable bonds is 1. The van der Waals surface area contributed by atoms with Gasteiger partial charge in [0.15, 0.2) is 0 Å². The third-order valence-corrected chi connectivity index (χ3v) is 8.40. The minimum atomic E-state index is -0.0662. The van der Waals surface area contributed by atoms with E-state index >= 15 is 0 Å². The number of hydrogen-bond acceptors (Lipinski definition) is 2. The normalized spacial score (nSPS) is 49.0. The fourth-order valence-electron chi connectivity index (χ4n) is 7.14. The third-order valence-electron chi connectivity index (χ3n) is 8.40. The highest BCUT2D eigenvalue weighted by Gasteiger charge is 2.60. The van der Waals surface area contributed by atoms with Crippen molar-refractivity contribution in [2.24, 2.45) is 34.5 Å². The lowest BCUT2D eigenvalue weighted by Crippen LogP contribution is -2.53. The molecule has 3 fully saturated rings. The quantitative estimate of drug-likeness (QED) is 0.656. The van der Waals surface area contributed by atoms with E-state index in [-0.39, 0.29) is 16.7 Å². The van der Waals surface area contributed by atoms with E-state index in [0.29, 0.717) is 29.3 Å². The molecule has 0 aromatic rings. The molecule has 23 heavy (non-hydrogen) atoms. The monoisotopic (exact) mass is 314 g/mol. The number of Topliss-reactive ketones (excluding diaryl/α,β-unsaturated/α-hetero) is 2. The second-order valence-corrected chi connectivity index (χ2v) is 9.10. The van der Waals surface area contributed by atoms with E-state index in [9.17, 15) is 9.59 Å². The summed E-state index contributed by atoms with van der Waals surface area (Å²) >= 11 is 0. The minimum Gasteiger partial charge on any atom is -0.300 e. The molecule has 0 N–H and O–H groups in total. The maximum absolute atomic E-state index is 12.5. The molecule has 0 saturated heterocycles. The van der Waals surface area contributed by atoms with Gasteiger partial charge in [0, 0.05) is 23.2 Å². The summed E-state index contributed by atoms with van der Waals surface area (Å²) in [5.41, 5.74) is 1.57. The molecule has 0 aliphatic heterocycles. The first kappa shape index (κ1) is 15.6. The van der Waals surface area contributed by atoms with Crippen molar-refractivity contribution in [1.82, 2.24) is 0 Å². The largest absolute Gasteiger partial charge is 0.300 e. The molecule has 0 radical (unpaired) electrons. The molecule has 1 unspecified atom stereocenters. The van der Waals surface area contributed by atoms with Crippen molar-refractivity contribution >= 4 is 11.6 Å². The van der Waals surface area contributed by atoms with Crippen LogP contribution < -0.4 is 0 Å². The van der Waals surface area contributed by atoms with Crippen LogP contribution in [0.2, 0.25) is 0 Å². The van der Waals surface area contributed by atoms with Gasteiger partial charge in [0.05, 0.1) is 0 Å². The predicted molar refractivity (Wildman–Crippen MR) is 90.9 cm³/mol. The maximum atomic E-state index is 12.5. The van der Waals surface area contributed by atoms with Gasteiger partial charge in [-0.25, -0.2) is 0 Å². The molecular formula is C21H30O2. The first-order valence-electron chi connectivity index (χ1n) is 9.62. The standard InChI is InChI=1S/C21H30O2/c1-13(22)16-6-4-5-14-7-8-15-17-9-10-19(23)20(17,2)12-11-18(15)21(14,16)3/h7,15-18H,4-6,8-12H2,1-3H3/t15-,16?,17-,18-,20-,21+/m0/s1. The highest BCUT2D eigenvalue weighted by molar-refractivity contribution is 5.87. The first-order chi connectivity index (χ1) is 10.9. The Hall–Kier alpha value is -0.920. The molecule has 2 heteroatoms. The third kappa shape index (κ3) is 1.93. The average Bonchev–Trinajstić information content (AvgIpc) is 2.81. The highest BCUT2D eigenvalue weighted by atomic mass is 16.1. The molecule has 0 spiro atoms. The molecule has 0 amide bonds. The molecule has 0 aromatic heterocycles. The van der Waals surface area contributed by atoms with Crippen LogP contribution in [0.3, 0.4) is 0 Å². The molecule has 4 aliphatic carbocycles. The molecule has 0 bridgehead atoms. The number of allylic oxidation sites excluding steroid dienone is 2. The van der Waals surface area contributed by atoms with Crippen LogP contribution in [0.5, 0.6) is 0 Å².